The molecular formula is C24H26N6O. The van der Waals surface area contributed by atoms with E-state index in [1.165, 1.54) is 18.4 Å². The van der Waals surface area contributed by atoms with Crippen molar-refractivity contribution < 1.29 is 4.74 Å². The molecule has 0 radical (unpaired) electrons. The van der Waals surface area contributed by atoms with Crippen LogP contribution in [-0.4, -0.2) is 50.6 Å². The minimum Gasteiger partial charge on any atom is -0.378 e. The number of hydrogen-bond donors (Lipinski definition) is 0. The van der Waals surface area contributed by atoms with Crippen LogP contribution in [0.2, 0.25) is 0 Å². The molecule has 0 bridgehead atoms. The zero-order valence-electron chi connectivity index (χ0n) is 17.8. The van der Waals surface area contributed by atoms with Crippen LogP contribution in [0.3, 0.4) is 0 Å². The van der Waals surface area contributed by atoms with Crippen LogP contribution in [-0.2, 0) is 17.7 Å². The molecule has 0 aliphatic carbocycles. The Morgan fingerprint density at radius 2 is 1.87 bits per heavy atom. The zero-order valence-corrected chi connectivity index (χ0v) is 17.8. The molecule has 31 heavy (non-hydrogen) atoms. The van der Waals surface area contributed by atoms with Gasteiger partial charge in [-0.15, -0.1) is 0 Å². The van der Waals surface area contributed by atoms with Crippen molar-refractivity contribution in [2.45, 2.75) is 32.7 Å². The van der Waals surface area contributed by atoms with Crippen LogP contribution in [0.1, 0.15) is 24.2 Å². The molecule has 0 atom stereocenters. The van der Waals surface area contributed by atoms with E-state index in [1.54, 1.807) is 0 Å². The number of morpholine rings is 1. The molecule has 2 aliphatic heterocycles. The number of pyridine rings is 1. The van der Waals surface area contributed by atoms with Gasteiger partial charge in [-0.3, -0.25) is 0 Å². The quantitative estimate of drug-likeness (QED) is 0.511. The summed E-state index contributed by atoms with van der Waals surface area (Å²) in [6.45, 7) is 6.31. The fourth-order valence-electron chi connectivity index (χ4n) is 4.66. The van der Waals surface area contributed by atoms with Crippen molar-refractivity contribution >= 4 is 16.9 Å². The average Bonchev–Trinajstić information content (AvgIpc) is 3.44. The van der Waals surface area contributed by atoms with Crippen molar-refractivity contribution in [2.24, 2.45) is 0 Å². The van der Waals surface area contributed by atoms with Crippen LogP contribution in [0.25, 0.3) is 28.2 Å². The number of imidazole rings is 1. The lowest BCUT2D eigenvalue weighted by Crippen LogP contribution is -2.36. The first-order valence-corrected chi connectivity index (χ1v) is 11.1. The Bertz CT molecular complexity index is 1250. The van der Waals surface area contributed by atoms with Crippen molar-refractivity contribution in [2.75, 3.05) is 31.2 Å². The highest BCUT2D eigenvalue weighted by Crippen LogP contribution is 2.31. The van der Waals surface area contributed by atoms with Gasteiger partial charge in [0.25, 0.3) is 0 Å². The van der Waals surface area contributed by atoms with E-state index >= 15 is 0 Å². The minimum absolute atomic E-state index is 0.742. The van der Waals surface area contributed by atoms with E-state index in [9.17, 15) is 0 Å². The van der Waals surface area contributed by atoms with Crippen LogP contribution in [0.5, 0.6) is 0 Å². The van der Waals surface area contributed by atoms with Crippen LogP contribution in [0, 0.1) is 6.92 Å². The third kappa shape index (κ3) is 3.29. The fourth-order valence-corrected chi connectivity index (χ4v) is 4.66. The van der Waals surface area contributed by atoms with Crippen molar-refractivity contribution in [3.8, 4) is 17.1 Å². The maximum absolute atomic E-state index is 5.59. The second-order valence-electron chi connectivity index (χ2n) is 8.42. The minimum atomic E-state index is 0.742. The SMILES string of the molecule is Cc1cccc(-c2ccn(-c3cc(N4CCOCC4)c4nc5n(c4n3)CCCC5)n2)c1. The van der Waals surface area contributed by atoms with Gasteiger partial charge in [0.2, 0.25) is 0 Å². The second-order valence-corrected chi connectivity index (χ2v) is 8.42. The van der Waals surface area contributed by atoms with Crippen molar-refractivity contribution in [3.05, 3.63) is 54.0 Å². The highest BCUT2D eigenvalue weighted by molar-refractivity contribution is 5.88. The number of anilines is 1. The third-order valence-electron chi connectivity index (χ3n) is 6.27. The number of nitrogens with zero attached hydrogens (tertiary/aromatic N) is 6. The number of ether oxygens (including phenoxy) is 1. The number of fused-ring (bicyclic) bond motifs is 3. The maximum Gasteiger partial charge on any atom is 0.164 e. The Balaban J connectivity index is 1.49. The van der Waals surface area contributed by atoms with E-state index in [4.69, 9.17) is 19.8 Å². The number of hydrogen-bond acceptors (Lipinski definition) is 5. The lowest BCUT2D eigenvalue weighted by Gasteiger charge is -2.29. The molecule has 5 heterocycles. The van der Waals surface area contributed by atoms with Crippen molar-refractivity contribution in [3.63, 3.8) is 0 Å². The first-order chi connectivity index (χ1) is 15.3. The summed E-state index contributed by atoms with van der Waals surface area (Å²) in [4.78, 5) is 12.4. The number of benzene rings is 1. The molecule has 1 saturated heterocycles. The third-order valence-corrected chi connectivity index (χ3v) is 6.27. The van der Waals surface area contributed by atoms with Gasteiger partial charge < -0.3 is 14.2 Å². The predicted octanol–water partition coefficient (Wildman–Crippen LogP) is 3.77. The molecule has 0 unspecified atom stereocenters. The smallest absolute Gasteiger partial charge is 0.164 e. The number of aryl methyl sites for hydroxylation is 3. The molecule has 4 aromatic rings. The molecule has 0 amide bonds. The largest absolute Gasteiger partial charge is 0.378 e. The fraction of sp³-hybridized carbons (Fsp3) is 0.375. The van der Waals surface area contributed by atoms with Gasteiger partial charge in [0.15, 0.2) is 11.5 Å². The molecule has 2 aliphatic rings. The molecule has 1 fully saturated rings. The number of rotatable bonds is 3. The molecule has 7 heteroatoms. The Hall–Kier alpha value is -3.19. The average molecular weight is 415 g/mol. The van der Waals surface area contributed by atoms with Gasteiger partial charge in [-0.25, -0.2) is 14.6 Å². The Kier molecular flexibility index (Phi) is 4.49. The molecule has 6 rings (SSSR count). The Labute approximate surface area is 181 Å². The van der Waals surface area contributed by atoms with E-state index < -0.39 is 0 Å². The lowest BCUT2D eigenvalue weighted by atomic mass is 10.1. The highest BCUT2D eigenvalue weighted by Gasteiger charge is 2.23. The summed E-state index contributed by atoms with van der Waals surface area (Å²) in [7, 11) is 0. The number of aromatic nitrogens is 5. The predicted molar refractivity (Wildman–Crippen MR) is 121 cm³/mol. The van der Waals surface area contributed by atoms with Gasteiger partial charge >= 0.3 is 0 Å². The van der Waals surface area contributed by atoms with Crippen LogP contribution in [0.4, 0.5) is 5.69 Å². The molecule has 0 saturated carbocycles. The zero-order chi connectivity index (χ0) is 20.8. The molecule has 1 aromatic carbocycles. The van der Waals surface area contributed by atoms with Gasteiger partial charge in [0, 0.05) is 43.9 Å². The second kappa shape index (κ2) is 7.50. The summed E-state index contributed by atoms with van der Waals surface area (Å²) in [5.41, 5.74) is 6.42. The molecule has 0 spiro atoms. The first kappa shape index (κ1) is 18.6. The molecular weight excluding hydrogens is 388 g/mol. The maximum atomic E-state index is 5.59. The van der Waals surface area contributed by atoms with Gasteiger partial charge in [0.1, 0.15) is 11.3 Å². The monoisotopic (exact) mass is 414 g/mol. The van der Waals surface area contributed by atoms with Gasteiger partial charge in [-0.05, 0) is 31.9 Å². The van der Waals surface area contributed by atoms with E-state index in [0.717, 1.165) is 79.0 Å². The van der Waals surface area contributed by atoms with Gasteiger partial charge in [-0.1, -0.05) is 23.8 Å². The van der Waals surface area contributed by atoms with Crippen LogP contribution in [0.15, 0.2) is 42.6 Å². The summed E-state index contributed by atoms with van der Waals surface area (Å²) in [6, 6.07) is 12.6. The summed E-state index contributed by atoms with van der Waals surface area (Å²) >= 11 is 0. The molecule has 7 nitrogen and oxygen atoms in total. The normalized spacial score (nSPS) is 16.6. The topological polar surface area (TPSA) is 61.0 Å². The van der Waals surface area contributed by atoms with E-state index in [-0.39, 0.29) is 0 Å². The first-order valence-electron chi connectivity index (χ1n) is 11.1. The Morgan fingerprint density at radius 3 is 2.74 bits per heavy atom. The van der Waals surface area contributed by atoms with E-state index in [1.807, 2.05) is 10.9 Å². The highest BCUT2D eigenvalue weighted by atomic mass is 16.5. The summed E-state index contributed by atoms with van der Waals surface area (Å²) in [6.07, 6.45) is 5.40. The van der Waals surface area contributed by atoms with E-state index in [2.05, 4.69) is 52.8 Å². The molecule has 0 N–H and O–H groups in total. The lowest BCUT2D eigenvalue weighted by molar-refractivity contribution is 0.123. The van der Waals surface area contributed by atoms with E-state index in [0.29, 0.717) is 0 Å². The van der Waals surface area contributed by atoms with Gasteiger partial charge in [-0.2, -0.15) is 5.10 Å². The standard InChI is InChI=1S/C24H26N6O/c1-17-5-4-6-18(15-17)19-8-10-30(27-19)22-16-20(28-11-13-31-14-12-28)23-24(26-22)29-9-3-2-7-21(29)25-23/h4-6,8,10,15-16H,2-3,7,9,11-14H2,1H3. The van der Waals surface area contributed by atoms with Crippen LogP contribution >= 0.6 is 0 Å². The molecule has 158 valence electrons. The summed E-state index contributed by atoms with van der Waals surface area (Å²) < 4.78 is 9.79. The van der Waals surface area contributed by atoms with Crippen molar-refractivity contribution in [1.29, 1.82) is 0 Å². The summed E-state index contributed by atoms with van der Waals surface area (Å²) in [5, 5.41) is 4.86. The Morgan fingerprint density at radius 1 is 0.968 bits per heavy atom. The summed E-state index contributed by atoms with van der Waals surface area (Å²) in [5.74, 6) is 1.99. The van der Waals surface area contributed by atoms with Crippen LogP contribution < -0.4 is 4.90 Å². The van der Waals surface area contributed by atoms with Crippen molar-refractivity contribution in [1.82, 2.24) is 24.3 Å². The molecule has 3 aromatic heterocycles. The van der Waals surface area contributed by atoms with Gasteiger partial charge in [0.05, 0.1) is 24.6 Å².